The SMILES string of the molecule is O=C(CCc1nnc(-c2ccccc2F)[nH]c1=O)NCCc1ccccc1. The number of rotatable bonds is 7. The van der Waals surface area contributed by atoms with Crippen molar-refractivity contribution >= 4 is 5.91 Å². The van der Waals surface area contributed by atoms with Gasteiger partial charge in [0, 0.05) is 19.4 Å². The van der Waals surface area contributed by atoms with Gasteiger partial charge in [0.15, 0.2) is 5.82 Å². The van der Waals surface area contributed by atoms with Gasteiger partial charge in [-0.15, -0.1) is 10.2 Å². The van der Waals surface area contributed by atoms with Crippen molar-refractivity contribution in [2.24, 2.45) is 0 Å². The Morgan fingerprint density at radius 2 is 1.74 bits per heavy atom. The summed E-state index contributed by atoms with van der Waals surface area (Å²) >= 11 is 0. The van der Waals surface area contributed by atoms with Gasteiger partial charge in [-0.25, -0.2) is 4.39 Å². The van der Waals surface area contributed by atoms with Crippen molar-refractivity contribution in [1.82, 2.24) is 20.5 Å². The van der Waals surface area contributed by atoms with Crippen molar-refractivity contribution < 1.29 is 9.18 Å². The van der Waals surface area contributed by atoms with Crippen LogP contribution < -0.4 is 10.9 Å². The first kappa shape index (κ1) is 18.4. The van der Waals surface area contributed by atoms with Gasteiger partial charge in [-0.1, -0.05) is 42.5 Å². The van der Waals surface area contributed by atoms with Crippen LogP contribution >= 0.6 is 0 Å². The molecule has 0 aliphatic heterocycles. The molecular formula is C20H19FN4O2. The number of hydrogen-bond acceptors (Lipinski definition) is 4. The second-order valence-electron chi connectivity index (χ2n) is 6.01. The lowest BCUT2D eigenvalue weighted by Gasteiger charge is -2.05. The number of carbonyl (C=O) groups is 1. The summed E-state index contributed by atoms with van der Waals surface area (Å²) < 4.78 is 13.8. The molecule has 6 nitrogen and oxygen atoms in total. The Morgan fingerprint density at radius 3 is 2.48 bits per heavy atom. The largest absolute Gasteiger partial charge is 0.356 e. The Hall–Kier alpha value is -3.35. The lowest BCUT2D eigenvalue weighted by atomic mass is 10.1. The Labute approximate surface area is 155 Å². The molecule has 0 bridgehead atoms. The molecule has 1 aromatic heterocycles. The van der Waals surface area contributed by atoms with Crippen LogP contribution in [0.3, 0.4) is 0 Å². The molecule has 0 saturated carbocycles. The van der Waals surface area contributed by atoms with Crippen molar-refractivity contribution in [1.29, 1.82) is 0 Å². The van der Waals surface area contributed by atoms with E-state index in [2.05, 4.69) is 20.5 Å². The van der Waals surface area contributed by atoms with Crippen molar-refractivity contribution in [3.8, 4) is 11.4 Å². The molecule has 7 heteroatoms. The van der Waals surface area contributed by atoms with Gasteiger partial charge in [-0.3, -0.25) is 9.59 Å². The average molecular weight is 366 g/mol. The maximum Gasteiger partial charge on any atom is 0.273 e. The van der Waals surface area contributed by atoms with E-state index < -0.39 is 11.4 Å². The third-order valence-corrected chi connectivity index (χ3v) is 4.06. The van der Waals surface area contributed by atoms with E-state index in [0.717, 1.165) is 12.0 Å². The maximum absolute atomic E-state index is 13.8. The van der Waals surface area contributed by atoms with Crippen LogP contribution in [0.1, 0.15) is 17.7 Å². The molecule has 0 radical (unpaired) electrons. The Balaban J connectivity index is 1.53. The summed E-state index contributed by atoms with van der Waals surface area (Å²) in [4.78, 5) is 26.6. The normalized spacial score (nSPS) is 10.6. The number of aryl methyl sites for hydroxylation is 1. The number of halogens is 1. The van der Waals surface area contributed by atoms with Crippen molar-refractivity contribution in [3.63, 3.8) is 0 Å². The maximum atomic E-state index is 13.8. The third-order valence-electron chi connectivity index (χ3n) is 4.06. The predicted octanol–water partition coefficient (Wildman–Crippen LogP) is 2.26. The van der Waals surface area contributed by atoms with Gasteiger partial charge in [-0.2, -0.15) is 0 Å². The molecule has 27 heavy (non-hydrogen) atoms. The van der Waals surface area contributed by atoms with Crippen LogP contribution in [0.5, 0.6) is 0 Å². The van der Waals surface area contributed by atoms with E-state index in [-0.39, 0.29) is 35.8 Å². The van der Waals surface area contributed by atoms with Crippen LogP contribution in [0.15, 0.2) is 59.4 Å². The van der Waals surface area contributed by atoms with Crippen molar-refractivity contribution in [2.45, 2.75) is 19.3 Å². The third kappa shape index (κ3) is 5.07. The summed E-state index contributed by atoms with van der Waals surface area (Å²) in [5, 5.41) is 10.5. The van der Waals surface area contributed by atoms with Crippen LogP contribution in [0.2, 0.25) is 0 Å². The number of H-pyrrole nitrogens is 1. The van der Waals surface area contributed by atoms with Crippen molar-refractivity contribution in [3.05, 3.63) is 82.0 Å². The van der Waals surface area contributed by atoms with Gasteiger partial charge in [-0.05, 0) is 24.1 Å². The standard InChI is InChI=1S/C20H19FN4O2/c21-16-9-5-4-8-15(16)19-23-20(27)17(24-25-19)10-11-18(26)22-13-12-14-6-2-1-3-7-14/h1-9H,10-13H2,(H,22,26)(H,23,25,27). The molecule has 0 spiro atoms. The summed E-state index contributed by atoms with van der Waals surface area (Å²) in [7, 11) is 0. The lowest BCUT2D eigenvalue weighted by molar-refractivity contribution is -0.121. The molecule has 0 saturated heterocycles. The Morgan fingerprint density at radius 1 is 1.00 bits per heavy atom. The summed E-state index contributed by atoms with van der Waals surface area (Å²) in [6.45, 7) is 0.525. The predicted molar refractivity (Wildman–Crippen MR) is 99.5 cm³/mol. The molecular weight excluding hydrogens is 347 g/mol. The van der Waals surface area contributed by atoms with Gasteiger partial charge in [0.1, 0.15) is 11.5 Å². The van der Waals surface area contributed by atoms with E-state index in [1.165, 1.54) is 12.1 Å². The molecule has 1 amide bonds. The smallest absolute Gasteiger partial charge is 0.273 e. The van der Waals surface area contributed by atoms with Crippen LogP contribution in [-0.2, 0) is 17.6 Å². The van der Waals surface area contributed by atoms with E-state index in [1.54, 1.807) is 12.1 Å². The number of aromatic nitrogens is 3. The van der Waals surface area contributed by atoms with Crippen LogP contribution in [0.4, 0.5) is 4.39 Å². The summed E-state index contributed by atoms with van der Waals surface area (Å²) in [6, 6.07) is 15.8. The van der Waals surface area contributed by atoms with E-state index in [1.807, 2.05) is 30.3 Å². The molecule has 138 valence electrons. The first-order valence-corrected chi connectivity index (χ1v) is 8.65. The highest BCUT2D eigenvalue weighted by atomic mass is 19.1. The van der Waals surface area contributed by atoms with E-state index in [4.69, 9.17) is 0 Å². The van der Waals surface area contributed by atoms with Gasteiger partial charge >= 0.3 is 0 Å². The number of nitrogens with one attached hydrogen (secondary N) is 2. The minimum Gasteiger partial charge on any atom is -0.356 e. The fourth-order valence-corrected chi connectivity index (χ4v) is 2.61. The molecule has 1 heterocycles. The van der Waals surface area contributed by atoms with Gasteiger partial charge in [0.25, 0.3) is 5.56 Å². The molecule has 0 atom stereocenters. The molecule has 0 fully saturated rings. The summed E-state index contributed by atoms with van der Waals surface area (Å²) in [6.07, 6.45) is 1.03. The fraction of sp³-hybridized carbons (Fsp3) is 0.200. The van der Waals surface area contributed by atoms with Crippen LogP contribution in [-0.4, -0.2) is 27.6 Å². The first-order valence-electron chi connectivity index (χ1n) is 8.65. The summed E-state index contributed by atoms with van der Waals surface area (Å²) in [5.41, 5.74) is 0.991. The zero-order valence-electron chi connectivity index (χ0n) is 14.6. The highest BCUT2D eigenvalue weighted by Gasteiger charge is 2.11. The highest BCUT2D eigenvalue weighted by molar-refractivity contribution is 5.76. The van der Waals surface area contributed by atoms with Gasteiger partial charge in [0.2, 0.25) is 5.91 Å². The molecule has 0 unspecified atom stereocenters. The highest BCUT2D eigenvalue weighted by Crippen LogP contribution is 2.16. The molecule has 2 aromatic carbocycles. The first-order chi connectivity index (χ1) is 13.1. The Bertz CT molecular complexity index is 973. The minimum absolute atomic E-state index is 0.0640. The number of amides is 1. The number of nitrogens with zero attached hydrogens (tertiary/aromatic N) is 2. The van der Waals surface area contributed by atoms with Crippen molar-refractivity contribution in [2.75, 3.05) is 6.54 Å². The zero-order chi connectivity index (χ0) is 19.1. The zero-order valence-corrected chi connectivity index (χ0v) is 14.6. The van der Waals surface area contributed by atoms with Crippen LogP contribution in [0, 0.1) is 5.82 Å². The average Bonchev–Trinajstić information content (AvgIpc) is 2.68. The second kappa shape index (κ2) is 8.84. The number of benzene rings is 2. The second-order valence-corrected chi connectivity index (χ2v) is 6.01. The summed E-state index contributed by atoms with van der Waals surface area (Å²) in [5.74, 6) is -0.590. The molecule has 3 aromatic rings. The topological polar surface area (TPSA) is 87.7 Å². The molecule has 0 aliphatic carbocycles. The number of aromatic amines is 1. The fourth-order valence-electron chi connectivity index (χ4n) is 2.61. The number of carbonyl (C=O) groups excluding carboxylic acids is 1. The van der Waals surface area contributed by atoms with Gasteiger partial charge < -0.3 is 10.3 Å². The number of hydrogen-bond donors (Lipinski definition) is 2. The molecule has 0 aliphatic rings. The van der Waals surface area contributed by atoms with E-state index >= 15 is 0 Å². The molecule has 3 rings (SSSR count). The molecule has 2 N–H and O–H groups in total. The lowest BCUT2D eigenvalue weighted by Crippen LogP contribution is -2.27. The quantitative estimate of drug-likeness (QED) is 0.671. The van der Waals surface area contributed by atoms with E-state index in [0.29, 0.717) is 6.54 Å². The van der Waals surface area contributed by atoms with Gasteiger partial charge in [0.05, 0.1) is 5.56 Å². The Kier molecular flexibility index (Phi) is 6.04. The van der Waals surface area contributed by atoms with Crippen LogP contribution in [0.25, 0.3) is 11.4 Å². The minimum atomic E-state index is -0.493. The van der Waals surface area contributed by atoms with E-state index in [9.17, 15) is 14.0 Å². The monoisotopic (exact) mass is 366 g/mol.